The summed E-state index contributed by atoms with van der Waals surface area (Å²) in [4.78, 5) is 12.8. The van der Waals surface area contributed by atoms with E-state index in [4.69, 9.17) is 4.74 Å². The van der Waals surface area contributed by atoms with Crippen LogP contribution in [0.1, 0.15) is 5.56 Å². The molecule has 8 heteroatoms. The summed E-state index contributed by atoms with van der Waals surface area (Å²) in [7, 11) is 1.59. The second-order valence-electron chi connectivity index (χ2n) is 5.73. The van der Waals surface area contributed by atoms with Gasteiger partial charge in [0, 0.05) is 23.8 Å². The summed E-state index contributed by atoms with van der Waals surface area (Å²) in [5, 5.41) is 8.63. The van der Waals surface area contributed by atoms with E-state index in [0.717, 1.165) is 0 Å². The first-order valence-corrected chi connectivity index (χ1v) is 9.13. The van der Waals surface area contributed by atoms with Crippen molar-refractivity contribution in [2.45, 2.75) is 10.9 Å². The lowest BCUT2D eigenvalue weighted by molar-refractivity contribution is 0.414. The zero-order chi connectivity index (χ0) is 18.8. The predicted molar refractivity (Wildman–Crippen MR) is 101 cm³/mol. The van der Waals surface area contributed by atoms with E-state index in [9.17, 15) is 9.18 Å². The smallest absolute Gasteiger partial charge is 0.300 e. The van der Waals surface area contributed by atoms with E-state index in [1.54, 1.807) is 66.4 Å². The molecule has 0 saturated heterocycles. The molecule has 0 unspecified atom stereocenters. The Labute approximate surface area is 158 Å². The number of halogens is 1. The monoisotopic (exact) mass is 382 g/mol. The number of fused-ring (bicyclic) bond motifs is 1. The predicted octanol–water partition coefficient (Wildman–Crippen LogP) is 3.32. The molecule has 0 spiro atoms. The maximum Gasteiger partial charge on any atom is 0.300 e. The highest BCUT2D eigenvalue weighted by Gasteiger charge is 2.13. The molecule has 0 amide bonds. The normalized spacial score (nSPS) is 11.0. The van der Waals surface area contributed by atoms with E-state index in [-0.39, 0.29) is 17.0 Å². The number of hydrogen-bond acceptors (Lipinski definition) is 5. The first-order valence-electron chi connectivity index (χ1n) is 8.14. The fraction of sp³-hybridized carbons (Fsp3) is 0.105. The molecule has 2 aromatic heterocycles. The molecular formula is C19H15FN4O2S. The molecule has 0 aliphatic rings. The minimum atomic E-state index is -0.284. The SMILES string of the molecule is COc1ccc(-n2ccn3c(SCc4ccccc4F)nnc3c2=O)cc1. The van der Waals surface area contributed by atoms with Crippen LogP contribution in [-0.4, -0.2) is 26.3 Å². The molecular weight excluding hydrogens is 367 g/mol. The van der Waals surface area contributed by atoms with Crippen LogP contribution in [0.25, 0.3) is 11.3 Å². The maximum absolute atomic E-state index is 13.8. The van der Waals surface area contributed by atoms with Gasteiger partial charge >= 0.3 is 5.56 Å². The second kappa shape index (κ2) is 7.24. The molecule has 0 bridgehead atoms. The van der Waals surface area contributed by atoms with Crippen LogP contribution < -0.4 is 10.3 Å². The molecule has 2 heterocycles. The van der Waals surface area contributed by atoms with E-state index in [1.807, 2.05) is 0 Å². The lowest BCUT2D eigenvalue weighted by Gasteiger charge is -2.07. The van der Waals surface area contributed by atoms with Gasteiger partial charge in [0.15, 0.2) is 5.16 Å². The van der Waals surface area contributed by atoms with Crippen molar-refractivity contribution in [1.82, 2.24) is 19.2 Å². The van der Waals surface area contributed by atoms with Crippen molar-refractivity contribution in [1.29, 1.82) is 0 Å². The van der Waals surface area contributed by atoms with Crippen LogP contribution in [0.2, 0.25) is 0 Å². The van der Waals surface area contributed by atoms with Crippen molar-refractivity contribution in [3.8, 4) is 11.4 Å². The van der Waals surface area contributed by atoms with E-state index in [0.29, 0.717) is 27.9 Å². The van der Waals surface area contributed by atoms with Crippen molar-refractivity contribution in [3.63, 3.8) is 0 Å². The van der Waals surface area contributed by atoms with E-state index in [2.05, 4.69) is 10.2 Å². The standard InChI is InChI=1S/C19H15FN4O2S/c1-26-15-8-6-14(7-9-15)23-10-11-24-17(18(23)25)21-22-19(24)27-12-13-4-2-3-5-16(13)20/h2-11H,12H2,1H3. The molecule has 0 radical (unpaired) electrons. The van der Waals surface area contributed by atoms with E-state index < -0.39 is 0 Å². The minimum absolute atomic E-state index is 0.212. The van der Waals surface area contributed by atoms with Gasteiger partial charge in [0.1, 0.15) is 11.6 Å². The number of nitrogens with zero attached hydrogens (tertiary/aromatic N) is 4. The Hall–Kier alpha value is -3.13. The van der Waals surface area contributed by atoms with Gasteiger partial charge < -0.3 is 4.74 Å². The van der Waals surface area contributed by atoms with Crippen LogP contribution in [0.3, 0.4) is 0 Å². The zero-order valence-electron chi connectivity index (χ0n) is 14.4. The van der Waals surface area contributed by atoms with Gasteiger partial charge in [-0.05, 0) is 35.9 Å². The summed E-state index contributed by atoms with van der Waals surface area (Å²) >= 11 is 1.32. The molecule has 6 nitrogen and oxygen atoms in total. The lowest BCUT2D eigenvalue weighted by atomic mass is 10.2. The number of rotatable bonds is 5. The van der Waals surface area contributed by atoms with Gasteiger partial charge in [-0.2, -0.15) is 0 Å². The van der Waals surface area contributed by atoms with Gasteiger partial charge in [0.2, 0.25) is 5.65 Å². The molecule has 4 rings (SSSR count). The first-order chi connectivity index (χ1) is 13.2. The van der Waals surface area contributed by atoms with Crippen LogP contribution in [0.5, 0.6) is 5.75 Å². The van der Waals surface area contributed by atoms with Crippen molar-refractivity contribution < 1.29 is 9.13 Å². The highest BCUT2D eigenvalue weighted by molar-refractivity contribution is 7.98. The van der Waals surface area contributed by atoms with E-state index >= 15 is 0 Å². The Balaban J connectivity index is 1.65. The van der Waals surface area contributed by atoms with Crippen LogP contribution >= 0.6 is 11.8 Å². The van der Waals surface area contributed by atoms with Gasteiger partial charge in [-0.15, -0.1) is 10.2 Å². The number of benzene rings is 2. The average Bonchev–Trinajstić information content (AvgIpc) is 3.12. The molecule has 136 valence electrons. The summed E-state index contributed by atoms with van der Waals surface area (Å²) in [6.45, 7) is 0. The fourth-order valence-electron chi connectivity index (χ4n) is 2.67. The number of methoxy groups -OCH3 is 1. The van der Waals surface area contributed by atoms with Crippen LogP contribution in [0.15, 0.2) is 70.9 Å². The number of hydrogen-bond donors (Lipinski definition) is 0. The summed E-state index contributed by atoms with van der Waals surface area (Å²) in [5.74, 6) is 0.845. The average molecular weight is 382 g/mol. The number of aromatic nitrogens is 4. The molecule has 27 heavy (non-hydrogen) atoms. The van der Waals surface area contributed by atoms with Gasteiger partial charge in [-0.25, -0.2) is 4.39 Å². The Morgan fingerprint density at radius 2 is 1.85 bits per heavy atom. The van der Waals surface area contributed by atoms with Gasteiger partial charge in [0.25, 0.3) is 0 Å². The highest BCUT2D eigenvalue weighted by Crippen LogP contribution is 2.22. The molecule has 0 fully saturated rings. The van der Waals surface area contributed by atoms with Crippen molar-refractivity contribution >= 4 is 17.4 Å². The van der Waals surface area contributed by atoms with Crippen LogP contribution in [-0.2, 0) is 5.75 Å². The van der Waals surface area contributed by atoms with Gasteiger partial charge in [-0.1, -0.05) is 30.0 Å². The third-order valence-corrected chi connectivity index (χ3v) is 5.10. The summed E-state index contributed by atoms with van der Waals surface area (Å²) in [6, 6.07) is 13.7. The highest BCUT2D eigenvalue weighted by atomic mass is 32.2. The van der Waals surface area contributed by atoms with E-state index in [1.165, 1.54) is 22.4 Å². The minimum Gasteiger partial charge on any atom is -0.497 e. The van der Waals surface area contributed by atoms with Crippen LogP contribution in [0.4, 0.5) is 4.39 Å². The van der Waals surface area contributed by atoms with Gasteiger partial charge in [0.05, 0.1) is 7.11 Å². The lowest BCUT2D eigenvalue weighted by Crippen LogP contribution is -2.20. The third kappa shape index (κ3) is 3.31. The quantitative estimate of drug-likeness (QED) is 0.496. The molecule has 0 aliphatic carbocycles. The number of thioether (sulfide) groups is 1. The Bertz CT molecular complexity index is 1150. The molecule has 0 saturated carbocycles. The Morgan fingerprint density at radius 1 is 1.07 bits per heavy atom. The zero-order valence-corrected chi connectivity index (χ0v) is 15.2. The molecule has 0 N–H and O–H groups in total. The Kier molecular flexibility index (Phi) is 4.64. The Morgan fingerprint density at radius 3 is 2.59 bits per heavy atom. The fourth-order valence-corrected chi connectivity index (χ4v) is 3.57. The second-order valence-corrected chi connectivity index (χ2v) is 6.67. The number of ether oxygens (including phenoxy) is 1. The topological polar surface area (TPSA) is 61.4 Å². The molecule has 0 aliphatic heterocycles. The summed E-state index contributed by atoms with van der Waals surface area (Å²) < 4.78 is 22.0. The summed E-state index contributed by atoms with van der Waals surface area (Å²) in [5.41, 5.74) is 1.20. The van der Waals surface area contributed by atoms with Gasteiger partial charge in [-0.3, -0.25) is 13.8 Å². The largest absolute Gasteiger partial charge is 0.497 e. The van der Waals surface area contributed by atoms with Crippen molar-refractivity contribution in [3.05, 3.63) is 82.7 Å². The van der Waals surface area contributed by atoms with Crippen molar-refractivity contribution in [2.75, 3.05) is 7.11 Å². The maximum atomic E-state index is 13.8. The summed E-state index contributed by atoms with van der Waals surface area (Å²) in [6.07, 6.45) is 3.39. The molecule has 2 aromatic carbocycles. The third-order valence-electron chi connectivity index (χ3n) is 4.10. The van der Waals surface area contributed by atoms with Crippen molar-refractivity contribution in [2.24, 2.45) is 0 Å². The molecule has 4 aromatic rings. The van der Waals surface area contributed by atoms with Crippen LogP contribution in [0, 0.1) is 5.82 Å². The molecule has 0 atom stereocenters. The first kappa shape index (κ1) is 17.3.